The molecule has 0 saturated heterocycles. The van der Waals surface area contributed by atoms with Gasteiger partial charge in [-0.2, -0.15) is 0 Å². The monoisotopic (exact) mass is 280 g/mol. The van der Waals surface area contributed by atoms with Crippen LogP contribution in [-0.4, -0.2) is 11.9 Å². The van der Waals surface area contributed by atoms with Crippen LogP contribution < -0.4 is 0 Å². The van der Waals surface area contributed by atoms with Crippen LogP contribution in [0.1, 0.15) is 83.5 Å². The SMILES string of the molecule is O=C(CCC1CCCCC1)OC(=O)CC1CCCCC1. The van der Waals surface area contributed by atoms with Crippen molar-refractivity contribution in [3.05, 3.63) is 0 Å². The van der Waals surface area contributed by atoms with Crippen molar-refractivity contribution in [1.82, 2.24) is 0 Å². The molecule has 0 unspecified atom stereocenters. The summed E-state index contributed by atoms with van der Waals surface area (Å²) >= 11 is 0. The topological polar surface area (TPSA) is 43.4 Å². The van der Waals surface area contributed by atoms with Crippen LogP contribution in [0.4, 0.5) is 0 Å². The first-order valence-corrected chi connectivity index (χ1v) is 8.47. The molecule has 0 radical (unpaired) electrons. The smallest absolute Gasteiger partial charge is 0.313 e. The van der Waals surface area contributed by atoms with Crippen LogP contribution in [0.25, 0.3) is 0 Å². The summed E-state index contributed by atoms with van der Waals surface area (Å²) in [5.41, 5.74) is 0. The van der Waals surface area contributed by atoms with E-state index in [0.717, 1.165) is 19.3 Å². The van der Waals surface area contributed by atoms with Gasteiger partial charge in [0.25, 0.3) is 0 Å². The van der Waals surface area contributed by atoms with Gasteiger partial charge in [0.2, 0.25) is 0 Å². The maximum absolute atomic E-state index is 11.7. The fourth-order valence-electron chi connectivity index (χ4n) is 3.64. The number of esters is 2. The van der Waals surface area contributed by atoms with E-state index in [1.165, 1.54) is 51.4 Å². The lowest BCUT2D eigenvalue weighted by Gasteiger charge is -2.21. The molecule has 0 aromatic rings. The van der Waals surface area contributed by atoms with Gasteiger partial charge < -0.3 is 4.74 Å². The summed E-state index contributed by atoms with van der Waals surface area (Å²) in [6.07, 6.45) is 14.1. The van der Waals surface area contributed by atoms with Crippen LogP contribution in [0.15, 0.2) is 0 Å². The summed E-state index contributed by atoms with van der Waals surface area (Å²) in [6, 6.07) is 0. The van der Waals surface area contributed by atoms with Crippen LogP contribution in [0.5, 0.6) is 0 Å². The van der Waals surface area contributed by atoms with Gasteiger partial charge in [-0.1, -0.05) is 51.4 Å². The lowest BCUT2D eigenvalue weighted by atomic mass is 9.86. The van der Waals surface area contributed by atoms with Crippen molar-refractivity contribution in [2.75, 3.05) is 0 Å². The highest BCUT2D eigenvalue weighted by Gasteiger charge is 2.21. The van der Waals surface area contributed by atoms with Gasteiger partial charge in [-0.05, 0) is 31.1 Å². The summed E-state index contributed by atoms with van der Waals surface area (Å²) in [6.45, 7) is 0. The number of ether oxygens (including phenoxy) is 1. The second-order valence-electron chi connectivity index (χ2n) is 6.60. The van der Waals surface area contributed by atoms with E-state index in [2.05, 4.69) is 0 Å². The minimum absolute atomic E-state index is 0.300. The third-order valence-electron chi connectivity index (χ3n) is 4.89. The lowest BCUT2D eigenvalue weighted by molar-refractivity contribution is -0.160. The Labute approximate surface area is 122 Å². The van der Waals surface area contributed by atoms with Crippen molar-refractivity contribution in [3.8, 4) is 0 Å². The molecule has 0 aliphatic heterocycles. The Morgan fingerprint density at radius 2 is 1.30 bits per heavy atom. The number of rotatable bonds is 5. The molecular formula is C17H28O3. The molecule has 2 aliphatic rings. The molecule has 2 rings (SSSR count). The second-order valence-corrected chi connectivity index (χ2v) is 6.60. The largest absolute Gasteiger partial charge is 0.393 e. The maximum atomic E-state index is 11.7. The number of carbonyl (C=O) groups excluding carboxylic acids is 2. The predicted molar refractivity (Wildman–Crippen MR) is 78.1 cm³/mol. The zero-order valence-corrected chi connectivity index (χ0v) is 12.6. The molecule has 0 heterocycles. The highest BCUT2D eigenvalue weighted by molar-refractivity contribution is 5.85. The first-order valence-electron chi connectivity index (χ1n) is 8.47. The Morgan fingerprint density at radius 1 is 0.750 bits per heavy atom. The molecule has 2 aliphatic carbocycles. The first-order chi connectivity index (χ1) is 9.74. The molecule has 0 aromatic carbocycles. The molecule has 0 N–H and O–H groups in total. The standard InChI is InChI=1S/C17H28O3/c18-16(12-11-14-7-3-1-4-8-14)20-17(19)13-15-9-5-2-6-10-15/h14-15H,1-13H2. The average Bonchev–Trinajstić information content (AvgIpc) is 2.47. The van der Waals surface area contributed by atoms with E-state index in [0.29, 0.717) is 24.7 Å². The van der Waals surface area contributed by atoms with E-state index in [1.807, 2.05) is 0 Å². The summed E-state index contributed by atoms with van der Waals surface area (Å²) in [7, 11) is 0. The van der Waals surface area contributed by atoms with Gasteiger partial charge in [0.15, 0.2) is 0 Å². The zero-order valence-electron chi connectivity index (χ0n) is 12.6. The molecule has 3 heteroatoms. The Hall–Kier alpha value is -0.860. The Morgan fingerprint density at radius 3 is 1.90 bits per heavy atom. The molecule has 0 amide bonds. The summed E-state index contributed by atoms with van der Waals surface area (Å²) in [5.74, 6) is 0.508. The quantitative estimate of drug-likeness (QED) is 0.554. The number of hydrogen-bond acceptors (Lipinski definition) is 3. The van der Waals surface area contributed by atoms with E-state index in [-0.39, 0.29) is 11.9 Å². The van der Waals surface area contributed by atoms with Crippen LogP contribution in [0.3, 0.4) is 0 Å². The summed E-state index contributed by atoms with van der Waals surface area (Å²) < 4.78 is 4.97. The van der Waals surface area contributed by atoms with Crippen LogP contribution in [0, 0.1) is 11.8 Å². The molecule has 0 bridgehead atoms. The van der Waals surface area contributed by atoms with Gasteiger partial charge in [0.05, 0.1) is 0 Å². The first kappa shape index (κ1) is 15.5. The van der Waals surface area contributed by atoms with Crippen molar-refractivity contribution in [3.63, 3.8) is 0 Å². The normalized spacial score (nSPS) is 21.6. The third kappa shape index (κ3) is 5.64. The van der Waals surface area contributed by atoms with Gasteiger partial charge >= 0.3 is 11.9 Å². The van der Waals surface area contributed by atoms with Crippen LogP contribution >= 0.6 is 0 Å². The molecule has 2 fully saturated rings. The van der Waals surface area contributed by atoms with E-state index in [1.54, 1.807) is 0 Å². The predicted octanol–water partition coefficient (Wildman–Crippen LogP) is 4.39. The van der Waals surface area contributed by atoms with Crippen molar-refractivity contribution < 1.29 is 14.3 Å². The van der Waals surface area contributed by atoms with Gasteiger partial charge in [-0.15, -0.1) is 0 Å². The van der Waals surface area contributed by atoms with Crippen molar-refractivity contribution in [1.29, 1.82) is 0 Å². The van der Waals surface area contributed by atoms with E-state index in [4.69, 9.17) is 4.74 Å². The van der Waals surface area contributed by atoms with Gasteiger partial charge in [0.1, 0.15) is 0 Å². The average molecular weight is 280 g/mol. The van der Waals surface area contributed by atoms with E-state index >= 15 is 0 Å². The van der Waals surface area contributed by atoms with Gasteiger partial charge in [-0.3, -0.25) is 9.59 Å². The minimum Gasteiger partial charge on any atom is -0.393 e. The number of carbonyl (C=O) groups is 2. The molecular weight excluding hydrogens is 252 g/mol. The van der Waals surface area contributed by atoms with Crippen molar-refractivity contribution in [2.24, 2.45) is 11.8 Å². The van der Waals surface area contributed by atoms with E-state index < -0.39 is 0 Å². The molecule has 114 valence electrons. The minimum atomic E-state index is -0.309. The van der Waals surface area contributed by atoms with Crippen molar-refractivity contribution >= 4 is 11.9 Å². The van der Waals surface area contributed by atoms with Crippen LogP contribution in [0.2, 0.25) is 0 Å². The summed E-state index contributed by atoms with van der Waals surface area (Å²) in [5, 5.41) is 0. The molecule has 20 heavy (non-hydrogen) atoms. The van der Waals surface area contributed by atoms with Gasteiger partial charge in [0, 0.05) is 12.8 Å². The fraction of sp³-hybridized carbons (Fsp3) is 0.882. The molecule has 0 atom stereocenters. The Balaban J connectivity index is 1.59. The molecule has 0 spiro atoms. The summed E-state index contributed by atoms with van der Waals surface area (Å²) in [4.78, 5) is 23.4. The molecule has 0 aromatic heterocycles. The fourth-order valence-corrected chi connectivity index (χ4v) is 3.64. The molecule has 3 nitrogen and oxygen atoms in total. The Bertz CT molecular complexity index is 312. The second kappa shape index (κ2) is 8.43. The zero-order chi connectivity index (χ0) is 14.2. The maximum Gasteiger partial charge on any atom is 0.313 e. The van der Waals surface area contributed by atoms with Gasteiger partial charge in [-0.25, -0.2) is 0 Å². The van der Waals surface area contributed by atoms with Crippen molar-refractivity contribution in [2.45, 2.75) is 83.5 Å². The van der Waals surface area contributed by atoms with E-state index in [9.17, 15) is 9.59 Å². The molecule has 2 saturated carbocycles. The van der Waals surface area contributed by atoms with Crippen LogP contribution in [-0.2, 0) is 14.3 Å². The Kier molecular flexibility index (Phi) is 6.55. The highest BCUT2D eigenvalue weighted by atomic mass is 16.6. The lowest BCUT2D eigenvalue weighted by Crippen LogP contribution is -2.18. The highest BCUT2D eigenvalue weighted by Crippen LogP contribution is 2.28. The third-order valence-corrected chi connectivity index (χ3v) is 4.89. The number of hydrogen-bond donors (Lipinski definition) is 0.